The Morgan fingerprint density at radius 2 is 1.79 bits per heavy atom. The molecule has 0 aliphatic rings. The number of hydrogen-bond acceptors (Lipinski definition) is 3. The zero-order chi connectivity index (χ0) is 14.5. The van der Waals surface area contributed by atoms with Crippen molar-refractivity contribution in [3.63, 3.8) is 0 Å². The Kier molecular flexibility index (Phi) is 5.63. The summed E-state index contributed by atoms with van der Waals surface area (Å²) in [6.45, 7) is 6.00. The van der Waals surface area contributed by atoms with Gasteiger partial charge < -0.3 is 15.7 Å². The van der Waals surface area contributed by atoms with E-state index in [1.165, 1.54) is 0 Å². The molecule has 5 heteroatoms. The maximum atomic E-state index is 11.8. The average molecular weight is 285 g/mol. The van der Waals surface area contributed by atoms with Crippen molar-refractivity contribution in [2.45, 2.75) is 26.9 Å². The standard InChI is InChI=1S/C14H21ClN2O2/c1-14(2,3)13(19)17-11-6-4-10(5-7-11)16-9-12(18)8-15/h4-7,12,16,18H,8-9H2,1-3H3,(H,17,19). The third-order valence-electron chi connectivity index (χ3n) is 2.54. The Balaban J connectivity index is 2.55. The van der Waals surface area contributed by atoms with Crippen molar-refractivity contribution in [2.75, 3.05) is 23.1 Å². The monoisotopic (exact) mass is 284 g/mol. The average Bonchev–Trinajstić information content (AvgIpc) is 2.36. The molecule has 1 unspecified atom stereocenters. The predicted octanol–water partition coefficient (Wildman–Crippen LogP) is 2.68. The highest BCUT2D eigenvalue weighted by Gasteiger charge is 2.20. The Hall–Kier alpha value is -1.26. The van der Waals surface area contributed by atoms with Crippen molar-refractivity contribution in [3.8, 4) is 0 Å². The highest BCUT2D eigenvalue weighted by Crippen LogP contribution is 2.19. The maximum Gasteiger partial charge on any atom is 0.229 e. The summed E-state index contributed by atoms with van der Waals surface area (Å²) in [4.78, 5) is 11.8. The van der Waals surface area contributed by atoms with Gasteiger partial charge in [0.1, 0.15) is 0 Å². The smallest absolute Gasteiger partial charge is 0.229 e. The van der Waals surface area contributed by atoms with Gasteiger partial charge in [0.15, 0.2) is 0 Å². The summed E-state index contributed by atoms with van der Waals surface area (Å²) < 4.78 is 0. The third kappa shape index (κ3) is 5.49. The molecule has 1 atom stereocenters. The summed E-state index contributed by atoms with van der Waals surface area (Å²) in [7, 11) is 0. The minimum absolute atomic E-state index is 0.0224. The fourth-order valence-electron chi connectivity index (χ4n) is 1.28. The van der Waals surface area contributed by atoms with Crippen LogP contribution >= 0.6 is 11.6 Å². The number of carbonyl (C=O) groups is 1. The number of benzene rings is 1. The molecule has 1 rings (SSSR count). The minimum atomic E-state index is -0.568. The topological polar surface area (TPSA) is 61.4 Å². The van der Waals surface area contributed by atoms with Crippen LogP contribution in [0.25, 0.3) is 0 Å². The van der Waals surface area contributed by atoms with Crippen LogP contribution in [0.5, 0.6) is 0 Å². The molecular weight excluding hydrogens is 264 g/mol. The highest BCUT2D eigenvalue weighted by molar-refractivity contribution is 6.18. The number of aliphatic hydroxyl groups excluding tert-OH is 1. The molecule has 0 fully saturated rings. The van der Waals surface area contributed by atoms with E-state index >= 15 is 0 Å². The normalized spacial score (nSPS) is 12.9. The summed E-state index contributed by atoms with van der Waals surface area (Å²) >= 11 is 5.51. The zero-order valence-electron chi connectivity index (χ0n) is 11.5. The largest absolute Gasteiger partial charge is 0.390 e. The molecule has 0 saturated heterocycles. The second kappa shape index (κ2) is 6.78. The first-order valence-electron chi connectivity index (χ1n) is 6.22. The lowest BCUT2D eigenvalue weighted by Gasteiger charge is -2.18. The first-order valence-corrected chi connectivity index (χ1v) is 6.76. The van der Waals surface area contributed by atoms with Crippen molar-refractivity contribution >= 4 is 28.9 Å². The lowest BCUT2D eigenvalue weighted by molar-refractivity contribution is -0.123. The van der Waals surface area contributed by atoms with E-state index in [1.54, 1.807) is 0 Å². The molecule has 0 saturated carbocycles. The number of hydrogen-bond donors (Lipinski definition) is 3. The molecule has 0 bridgehead atoms. The van der Waals surface area contributed by atoms with Gasteiger partial charge >= 0.3 is 0 Å². The van der Waals surface area contributed by atoms with Gasteiger partial charge in [0, 0.05) is 23.3 Å². The summed E-state index contributed by atoms with van der Waals surface area (Å²) in [6, 6.07) is 7.33. The van der Waals surface area contributed by atoms with Crippen molar-refractivity contribution in [1.29, 1.82) is 0 Å². The van der Waals surface area contributed by atoms with Crippen LogP contribution in [-0.2, 0) is 4.79 Å². The van der Waals surface area contributed by atoms with E-state index in [4.69, 9.17) is 11.6 Å². The third-order valence-corrected chi connectivity index (χ3v) is 2.90. The van der Waals surface area contributed by atoms with Crippen LogP contribution in [0, 0.1) is 5.41 Å². The van der Waals surface area contributed by atoms with E-state index in [0.29, 0.717) is 6.54 Å². The number of halogens is 1. The van der Waals surface area contributed by atoms with Gasteiger partial charge in [-0.15, -0.1) is 11.6 Å². The summed E-state index contributed by atoms with van der Waals surface area (Å²) in [5.74, 6) is 0.179. The number of nitrogens with one attached hydrogen (secondary N) is 2. The molecule has 0 spiro atoms. The summed E-state index contributed by atoms with van der Waals surface area (Å²) in [6.07, 6.45) is -0.568. The maximum absolute atomic E-state index is 11.8. The minimum Gasteiger partial charge on any atom is -0.390 e. The van der Waals surface area contributed by atoms with Gasteiger partial charge in [-0.25, -0.2) is 0 Å². The number of carbonyl (C=O) groups excluding carboxylic acids is 1. The molecule has 1 aromatic rings. The fraction of sp³-hybridized carbons (Fsp3) is 0.500. The summed E-state index contributed by atoms with van der Waals surface area (Å²) in [5, 5.41) is 15.2. The van der Waals surface area contributed by atoms with Crippen LogP contribution in [0.15, 0.2) is 24.3 Å². The van der Waals surface area contributed by atoms with Crippen molar-refractivity contribution in [2.24, 2.45) is 5.41 Å². The number of rotatable bonds is 5. The van der Waals surface area contributed by atoms with Crippen molar-refractivity contribution in [1.82, 2.24) is 0 Å². The molecule has 0 aromatic heterocycles. The molecule has 106 valence electrons. The molecule has 0 aliphatic carbocycles. The molecule has 19 heavy (non-hydrogen) atoms. The molecule has 0 radical (unpaired) electrons. The van der Waals surface area contributed by atoms with Crippen LogP contribution < -0.4 is 10.6 Å². The fourth-order valence-corrected chi connectivity index (χ4v) is 1.39. The first kappa shape index (κ1) is 15.8. The van der Waals surface area contributed by atoms with E-state index in [0.717, 1.165) is 11.4 Å². The van der Waals surface area contributed by atoms with Crippen LogP contribution in [0.3, 0.4) is 0 Å². The Labute approximate surface area is 119 Å². The highest BCUT2D eigenvalue weighted by atomic mass is 35.5. The van der Waals surface area contributed by atoms with Gasteiger partial charge in [0.05, 0.1) is 12.0 Å². The van der Waals surface area contributed by atoms with Gasteiger partial charge in [0.25, 0.3) is 0 Å². The van der Waals surface area contributed by atoms with E-state index in [-0.39, 0.29) is 11.8 Å². The summed E-state index contributed by atoms with van der Waals surface area (Å²) in [5.41, 5.74) is 1.21. The van der Waals surface area contributed by atoms with E-state index in [1.807, 2.05) is 45.0 Å². The van der Waals surface area contributed by atoms with Crippen LogP contribution in [-0.4, -0.2) is 29.5 Å². The van der Waals surface area contributed by atoms with Gasteiger partial charge in [-0.3, -0.25) is 4.79 Å². The van der Waals surface area contributed by atoms with E-state index < -0.39 is 11.5 Å². The second-order valence-electron chi connectivity index (χ2n) is 5.47. The quantitative estimate of drug-likeness (QED) is 0.729. The molecular formula is C14H21ClN2O2. The van der Waals surface area contributed by atoms with E-state index in [9.17, 15) is 9.90 Å². The second-order valence-corrected chi connectivity index (χ2v) is 5.78. The van der Waals surface area contributed by atoms with Gasteiger partial charge in [0.2, 0.25) is 5.91 Å². The lowest BCUT2D eigenvalue weighted by atomic mass is 9.95. The van der Waals surface area contributed by atoms with Gasteiger partial charge in [-0.2, -0.15) is 0 Å². The van der Waals surface area contributed by atoms with Crippen molar-refractivity contribution < 1.29 is 9.90 Å². The molecule has 1 aromatic carbocycles. The Morgan fingerprint density at radius 3 is 2.26 bits per heavy atom. The Morgan fingerprint density at radius 1 is 1.26 bits per heavy atom. The van der Waals surface area contributed by atoms with Crippen LogP contribution in [0.1, 0.15) is 20.8 Å². The lowest BCUT2D eigenvalue weighted by Crippen LogP contribution is -2.27. The SMILES string of the molecule is CC(C)(C)C(=O)Nc1ccc(NCC(O)CCl)cc1. The van der Waals surface area contributed by atoms with Crippen molar-refractivity contribution in [3.05, 3.63) is 24.3 Å². The Bertz CT molecular complexity index is 412. The molecule has 0 heterocycles. The molecule has 4 nitrogen and oxygen atoms in total. The van der Waals surface area contributed by atoms with Gasteiger partial charge in [-0.05, 0) is 24.3 Å². The number of anilines is 2. The molecule has 1 amide bonds. The number of aliphatic hydroxyl groups is 1. The van der Waals surface area contributed by atoms with E-state index in [2.05, 4.69) is 10.6 Å². The number of amides is 1. The number of alkyl halides is 1. The molecule has 3 N–H and O–H groups in total. The first-order chi connectivity index (χ1) is 8.82. The van der Waals surface area contributed by atoms with Crippen LogP contribution in [0.4, 0.5) is 11.4 Å². The molecule has 0 aliphatic heterocycles. The van der Waals surface area contributed by atoms with Crippen LogP contribution in [0.2, 0.25) is 0 Å². The van der Waals surface area contributed by atoms with Gasteiger partial charge in [-0.1, -0.05) is 20.8 Å². The zero-order valence-corrected chi connectivity index (χ0v) is 12.3. The predicted molar refractivity (Wildman–Crippen MR) is 79.7 cm³/mol.